The molecule has 2 rings (SSSR count). The number of amides is 1. The molecule has 2 saturated heterocycles. The van der Waals surface area contributed by atoms with Gasteiger partial charge in [-0.2, -0.15) is 0 Å². The predicted molar refractivity (Wildman–Crippen MR) is 267 cm³/mol. The van der Waals surface area contributed by atoms with E-state index in [0.29, 0.717) is 12.8 Å². The van der Waals surface area contributed by atoms with E-state index in [1.165, 1.54) is 51.4 Å². The number of nitrogens with one attached hydrogen (secondary N) is 1. The Morgan fingerprint density at radius 1 is 0.544 bits per heavy atom. The minimum absolute atomic E-state index is 0.222. The number of aliphatic hydroxyl groups excluding tert-OH is 8. The lowest BCUT2D eigenvalue weighted by atomic mass is 9.97. The molecular formula is C54H95NO13. The third kappa shape index (κ3) is 26.8. The maximum absolute atomic E-state index is 13.2. The van der Waals surface area contributed by atoms with Gasteiger partial charge in [-0.15, -0.1) is 0 Å². The second-order valence-corrected chi connectivity index (χ2v) is 18.6. The highest BCUT2D eigenvalue weighted by Gasteiger charge is 2.51. The Morgan fingerprint density at radius 3 is 1.56 bits per heavy atom. The fourth-order valence-electron chi connectivity index (χ4n) is 8.44. The molecule has 2 heterocycles. The molecule has 12 atom stereocenters. The van der Waals surface area contributed by atoms with Gasteiger partial charge < -0.3 is 65.1 Å². The Balaban J connectivity index is 1.77. The van der Waals surface area contributed by atoms with Crippen molar-refractivity contribution in [3.05, 3.63) is 60.8 Å². The summed E-state index contributed by atoms with van der Waals surface area (Å²) >= 11 is 0. The minimum atomic E-state index is -1.78. The highest BCUT2D eigenvalue weighted by molar-refractivity contribution is 5.76. The molecule has 14 nitrogen and oxygen atoms in total. The van der Waals surface area contributed by atoms with Crippen LogP contribution in [0.3, 0.4) is 0 Å². The van der Waals surface area contributed by atoms with Crippen molar-refractivity contribution in [1.29, 1.82) is 0 Å². The van der Waals surface area contributed by atoms with E-state index >= 15 is 0 Å². The third-order valence-corrected chi connectivity index (χ3v) is 12.7. The van der Waals surface area contributed by atoms with Gasteiger partial charge in [0.15, 0.2) is 12.6 Å². The summed E-state index contributed by atoms with van der Waals surface area (Å²) in [7, 11) is 0. The van der Waals surface area contributed by atoms with Gasteiger partial charge >= 0.3 is 0 Å². The molecule has 0 aromatic heterocycles. The van der Waals surface area contributed by atoms with Crippen LogP contribution in [0, 0.1) is 0 Å². The van der Waals surface area contributed by atoms with Crippen molar-refractivity contribution in [3.63, 3.8) is 0 Å². The molecule has 0 aliphatic carbocycles. The fourth-order valence-corrected chi connectivity index (χ4v) is 8.44. The third-order valence-electron chi connectivity index (χ3n) is 12.7. The number of hydrogen-bond donors (Lipinski definition) is 9. The first-order chi connectivity index (χ1) is 33.1. The van der Waals surface area contributed by atoms with E-state index in [2.05, 4.69) is 79.9 Å². The van der Waals surface area contributed by atoms with Crippen molar-refractivity contribution >= 4 is 5.91 Å². The smallest absolute Gasteiger partial charge is 0.220 e. The number of carbonyl (C=O) groups is 1. The van der Waals surface area contributed by atoms with Gasteiger partial charge in [0.05, 0.1) is 32.0 Å². The van der Waals surface area contributed by atoms with Crippen molar-refractivity contribution < 1.29 is 64.6 Å². The van der Waals surface area contributed by atoms with Crippen molar-refractivity contribution in [1.82, 2.24) is 5.32 Å². The number of aliphatic hydroxyl groups is 8. The molecule has 394 valence electrons. The van der Waals surface area contributed by atoms with E-state index in [-0.39, 0.29) is 18.9 Å². The summed E-state index contributed by atoms with van der Waals surface area (Å²) in [5.74, 6) is -0.222. The van der Waals surface area contributed by atoms with Gasteiger partial charge in [0.1, 0.15) is 48.8 Å². The quantitative estimate of drug-likeness (QED) is 0.0215. The summed E-state index contributed by atoms with van der Waals surface area (Å²) in [5.41, 5.74) is 0. The van der Waals surface area contributed by atoms with Gasteiger partial charge in [-0.3, -0.25) is 4.79 Å². The van der Waals surface area contributed by atoms with Crippen molar-refractivity contribution in [2.75, 3.05) is 19.8 Å². The first-order valence-electron chi connectivity index (χ1n) is 26.5. The lowest BCUT2D eigenvalue weighted by molar-refractivity contribution is -0.359. The SMILES string of the molecule is CC/C=C\C/C=C\C/C=C\C/C=C\C/C=C\CCCCCCCCCC(=O)NC(COC1OC(CO)C(OC2OC(CO)C(O)C(O)C2O)C(O)C1O)C(O)CCCCCCCCCCCCC. The van der Waals surface area contributed by atoms with Crippen molar-refractivity contribution in [2.24, 2.45) is 0 Å². The zero-order valence-electron chi connectivity index (χ0n) is 41.8. The summed E-state index contributed by atoms with van der Waals surface area (Å²) in [6.07, 6.45) is 32.2. The number of unbranched alkanes of at least 4 members (excludes halogenated alkanes) is 17. The Kier molecular flexibility index (Phi) is 36.6. The van der Waals surface area contributed by atoms with Gasteiger partial charge in [0, 0.05) is 6.42 Å². The molecule has 2 fully saturated rings. The van der Waals surface area contributed by atoms with Crippen LogP contribution in [-0.4, -0.2) is 140 Å². The van der Waals surface area contributed by atoms with Crippen LogP contribution >= 0.6 is 0 Å². The monoisotopic (exact) mass is 966 g/mol. The summed E-state index contributed by atoms with van der Waals surface area (Å²) in [4.78, 5) is 13.2. The fraction of sp³-hybridized carbons (Fsp3) is 0.796. The summed E-state index contributed by atoms with van der Waals surface area (Å²) in [6.45, 7) is 2.70. The topological polar surface area (TPSA) is 228 Å². The number of hydrogen-bond acceptors (Lipinski definition) is 13. The van der Waals surface area contributed by atoms with Crippen LogP contribution in [0.4, 0.5) is 0 Å². The lowest BCUT2D eigenvalue weighted by Gasteiger charge is -2.46. The Morgan fingerprint density at radius 2 is 1.01 bits per heavy atom. The molecule has 0 aromatic rings. The van der Waals surface area contributed by atoms with Crippen LogP contribution in [0.2, 0.25) is 0 Å². The molecular weight excluding hydrogens is 871 g/mol. The van der Waals surface area contributed by atoms with Crippen LogP contribution in [0.1, 0.15) is 181 Å². The standard InChI is InChI=1S/C54H95NO13/c1-3-5-7-9-11-13-15-16-17-18-19-20-21-22-23-24-25-26-28-30-32-34-36-38-46(59)55-42(43(58)37-35-33-31-29-27-14-12-10-8-6-4-2)41-65-53-51(64)49(62)52(45(40-57)67-53)68-54-50(63)48(61)47(60)44(39-56)66-54/h5,7,11,13,16-17,19-20,22-23,42-45,47-54,56-58,60-64H,3-4,6,8-10,12,14-15,18,21,24-41H2,1-2H3,(H,55,59)/b7-5-,13-11-,17-16-,20-19-,23-22-. The van der Waals surface area contributed by atoms with Crippen LogP contribution < -0.4 is 5.32 Å². The molecule has 1 amide bonds. The van der Waals surface area contributed by atoms with E-state index < -0.39 is 86.8 Å². The molecule has 0 radical (unpaired) electrons. The molecule has 68 heavy (non-hydrogen) atoms. The molecule has 2 aliphatic rings. The number of ether oxygens (including phenoxy) is 4. The number of carbonyl (C=O) groups excluding carboxylic acids is 1. The maximum atomic E-state index is 13.2. The van der Waals surface area contributed by atoms with Crippen molar-refractivity contribution in [2.45, 2.75) is 254 Å². The average Bonchev–Trinajstić information content (AvgIpc) is 3.34. The van der Waals surface area contributed by atoms with Gasteiger partial charge in [-0.1, -0.05) is 177 Å². The number of allylic oxidation sites excluding steroid dienone is 10. The van der Waals surface area contributed by atoms with E-state index in [9.17, 15) is 45.6 Å². The Labute approximate surface area is 409 Å². The van der Waals surface area contributed by atoms with Gasteiger partial charge in [-0.05, 0) is 57.8 Å². The molecule has 0 aromatic carbocycles. The largest absolute Gasteiger partial charge is 0.394 e. The van der Waals surface area contributed by atoms with Crippen LogP contribution in [0.15, 0.2) is 60.8 Å². The summed E-state index contributed by atoms with van der Waals surface area (Å²) in [5, 5.41) is 86.9. The Bertz CT molecular complexity index is 1370. The van der Waals surface area contributed by atoms with E-state index in [0.717, 1.165) is 96.3 Å². The van der Waals surface area contributed by atoms with Gasteiger partial charge in [-0.25, -0.2) is 0 Å². The van der Waals surface area contributed by atoms with Gasteiger partial charge in [0.25, 0.3) is 0 Å². The molecule has 9 N–H and O–H groups in total. The van der Waals surface area contributed by atoms with Crippen LogP contribution in [-0.2, 0) is 23.7 Å². The molecule has 0 saturated carbocycles. The summed E-state index contributed by atoms with van der Waals surface area (Å²) in [6, 6.07) is -0.836. The second kappa shape index (κ2) is 40.3. The molecule has 2 aliphatic heterocycles. The molecule has 0 bridgehead atoms. The zero-order valence-corrected chi connectivity index (χ0v) is 41.8. The minimum Gasteiger partial charge on any atom is -0.394 e. The van der Waals surface area contributed by atoms with E-state index in [1.807, 2.05) is 0 Å². The second-order valence-electron chi connectivity index (χ2n) is 18.6. The first-order valence-corrected chi connectivity index (χ1v) is 26.5. The molecule has 14 heteroatoms. The lowest BCUT2D eigenvalue weighted by Crippen LogP contribution is -2.65. The predicted octanol–water partition coefficient (Wildman–Crippen LogP) is 7.44. The normalized spacial score (nSPS) is 26.9. The van der Waals surface area contributed by atoms with E-state index in [4.69, 9.17) is 18.9 Å². The Hall–Kier alpha value is -2.31. The zero-order chi connectivity index (χ0) is 49.6. The maximum Gasteiger partial charge on any atom is 0.220 e. The number of rotatable bonds is 40. The first kappa shape index (κ1) is 61.8. The van der Waals surface area contributed by atoms with Crippen molar-refractivity contribution in [3.8, 4) is 0 Å². The van der Waals surface area contributed by atoms with Crippen LogP contribution in [0.5, 0.6) is 0 Å². The van der Waals surface area contributed by atoms with Crippen LogP contribution in [0.25, 0.3) is 0 Å². The van der Waals surface area contributed by atoms with Gasteiger partial charge in [0.2, 0.25) is 5.91 Å². The summed E-state index contributed by atoms with van der Waals surface area (Å²) < 4.78 is 22.7. The highest BCUT2D eigenvalue weighted by atomic mass is 16.7. The van der Waals surface area contributed by atoms with E-state index in [1.54, 1.807) is 0 Å². The molecule has 12 unspecified atom stereocenters. The molecule has 0 spiro atoms. The average molecular weight is 966 g/mol. The highest BCUT2D eigenvalue weighted by Crippen LogP contribution is 2.30.